The highest BCUT2D eigenvalue weighted by molar-refractivity contribution is 6.53. The third kappa shape index (κ3) is 5.12. The van der Waals surface area contributed by atoms with Crippen molar-refractivity contribution >= 4 is 28.7 Å². The molecule has 0 radical (unpaired) electrons. The van der Waals surface area contributed by atoms with Gasteiger partial charge in [-0.25, -0.2) is 14.6 Å². The maximum Gasteiger partial charge on any atom is 0.295 e. The van der Waals surface area contributed by atoms with Gasteiger partial charge in [0.15, 0.2) is 5.82 Å². The van der Waals surface area contributed by atoms with Gasteiger partial charge in [-0.15, -0.1) is 5.10 Å². The van der Waals surface area contributed by atoms with Crippen LogP contribution in [0.3, 0.4) is 0 Å². The lowest BCUT2D eigenvalue weighted by atomic mass is 9.93. The van der Waals surface area contributed by atoms with E-state index in [0.717, 1.165) is 17.3 Å². The van der Waals surface area contributed by atoms with Crippen molar-refractivity contribution in [2.24, 2.45) is 11.5 Å². The summed E-state index contributed by atoms with van der Waals surface area (Å²) in [4.78, 5) is 47.3. The molecule has 0 bridgehead atoms. The molecule has 2 amide bonds. The number of primary amides is 1. The molecule has 0 unspecified atom stereocenters. The van der Waals surface area contributed by atoms with Crippen LogP contribution in [0, 0.1) is 11.3 Å². The van der Waals surface area contributed by atoms with Crippen LogP contribution in [0.5, 0.6) is 5.75 Å². The molecule has 0 aliphatic carbocycles. The number of benzene rings is 1. The number of allylic oxidation sites excluding steroid dienone is 1. The molecule has 4 rings (SSSR count). The Bertz CT molecular complexity index is 1490. The van der Waals surface area contributed by atoms with Crippen LogP contribution in [0.25, 0.3) is 17.0 Å². The van der Waals surface area contributed by atoms with Gasteiger partial charge in [0.05, 0.1) is 30.5 Å². The molecule has 2 aromatic heterocycles. The Hall–Kier alpha value is -5.31. The molecule has 1 aliphatic heterocycles. The van der Waals surface area contributed by atoms with Crippen LogP contribution < -0.4 is 16.2 Å². The summed E-state index contributed by atoms with van der Waals surface area (Å²) in [6.45, 7) is 0.562. The van der Waals surface area contributed by atoms with E-state index in [1.165, 1.54) is 35.3 Å². The van der Waals surface area contributed by atoms with E-state index < -0.39 is 17.6 Å². The molecule has 0 spiro atoms. The smallest absolute Gasteiger partial charge is 0.295 e. The number of rotatable bonds is 7. The Balaban J connectivity index is 1.56. The molecule has 1 saturated heterocycles. The summed E-state index contributed by atoms with van der Waals surface area (Å²) in [5.74, 6) is -2.18. The summed E-state index contributed by atoms with van der Waals surface area (Å²) in [5.41, 5.74) is 13.5. The Morgan fingerprint density at radius 3 is 2.42 bits per heavy atom. The van der Waals surface area contributed by atoms with E-state index in [1.807, 2.05) is 30.3 Å². The molecule has 192 valence electrons. The normalized spacial score (nSPS) is 13.5. The second kappa shape index (κ2) is 11.2. The van der Waals surface area contributed by atoms with Crippen LogP contribution in [-0.4, -0.2) is 62.4 Å². The molecule has 3 heterocycles. The van der Waals surface area contributed by atoms with Crippen LogP contribution in [0.2, 0.25) is 0 Å². The first-order valence-electron chi connectivity index (χ1n) is 11.6. The molecule has 3 aromatic rings. The van der Waals surface area contributed by atoms with Gasteiger partial charge >= 0.3 is 0 Å². The first kappa shape index (κ1) is 25.8. The number of hydrogen-bond donors (Lipinski definition) is 2. The number of nitrogens with zero attached hydrogens (tertiary/aromatic N) is 6. The number of methoxy groups -OCH3 is 1. The molecule has 12 heteroatoms. The van der Waals surface area contributed by atoms with Gasteiger partial charge in [-0.3, -0.25) is 14.4 Å². The molecular weight excluding hydrogens is 488 g/mol. The van der Waals surface area contributed by atoms with Gasteiger partial charge in [0, 0.05) is 24.9 Å². The zero-order chi connectivity index (χ0) is 27.2. The minimum absolute atomic E-state index is 0.0888. The van der Waals surface area contributed by atoms with Crippen LogP contribution >= 0.6 is 0 Å². The van der Waals surface area contributed by atoms with E-state index in [1.54, 1.807) is 0 Å². The number of nitriles is 1. The first-order chi connectivity index (χ1) is 18.4. The lowest BCUT2D eigenvalue weighted by Gasteiger charge is -2.29. The lowest BCUT2D eigenvalue weighted by Crippen LogP contribution is -2.41. The highest BCUT2D eigenvalue weighted by Gasteiger charge is 2.30. The minimum Gasteiger partial charge on any atom is -0.494 e. The summed E-state index contributed by atoms with van der Waals surface area (Å²) in [6.07, 6.45) is 4.55. The lowest BCUT2D eigenvalue weighted by molar-refractivity contribution is -0.142. The highest BCUT2D eigenvalue weighted by Crippen LogP contribution is 2.30. The summed E-state index contributed by atoms with van der Waals surface area (Å²) >= 11 is 0. The fourth-order valence-electron chi connectivity index (χ4n) is 4.15. The largest absolute Gasteiger partial charge is 0.494 e. The molecule has 0 atom stereocenters. The third-order valence-electron chi connectivity index (χ3n) is 6.10. The average molecular weight is 513 g/mol. The Morgan fingerprint density at radius 2 is 1.84 bits per heavy atom. The average Bonchev–Trinajstić information content (AvgIpc) is 3.45. The first-order valence-corrected chi connectivity index (χ1v) is 11.6. The number of ketones is 1. The number of likely N-dealkylation sites (tertiary alicyclic amines) is 1. The van der Waals surface area contributed by atoms with E-state index >= 15 is 0 Å². The van der Waals surface area contributed by atoms with E-state index in [0.29, 0.717) is 18.4 Å². The zero-order valence-corrected chi connectivity index (χ0v) is 20.5. The maximum atomic E-state index is 13.3. The van der Waals surface area contributed by atoms with Crippen molar-refractivity contribution in [3.8, 4) is 17.6 Å². The number of carbonyl (C=O) groups excluding carboxylic acids is 3. The summed E-state index contributed by atoms with van der Waals surface area (Å²) in [5, 5.41) is 13.6. The second-order valence-electron chi connectivity index (χ2n) is 8.28. The van der Waals surface area contributed by atoms with E-state index in [-0.39, 0.29) is 41.6 Å². The van der Waals surface area contributed by atoms with Gasteiger partial charge in [0.25, 0.3) is 17.6 Å². The Kier molecular flexibility index (Phi) is 7.58. The van der Waals surface area contributed by atoms with Crippen molar-refractivity contribution in [1.82, 2.24) is 24.6 Å². The molecule has 38 heavy (non-hydrogen) atoms. The van der Waals surface area contributed by atoms with Crippen LogP contribution in [0.1, 0.15) is 34.6 Å². The quantitative estimate of drug-likeness (QED) is 0.267. The summed E-state index contributed by atoms with van der Waals surface area (Å²) in [6, 6.07) is 13.1. The van der Waals surface area contributed by atoms with Crippen molar-refractivity contribution in [2.45, 2.75) is 12.8 Å². The van der Waals surface area contributed by atoms with Crippen molar-refractivity contribution in [3.63, 3.8) is 0 Å². The number of carbonyl (C=O) groups is 3. The standard InChI is InChI=1S/C26H24N8O4/c1-38-21-14-30-22(34-15-31-25(32-34)24(29)36)11-18(21)20(13-28)23(35)26(37)33-9-7-17(8-10-33)19(12-27)16-5-3-2-4-6-16/h2-6,11,13-15H,7-10,28H2,1H3,(H2,29,36)/b20-13+. The number of aromatic nitrogens is 4. The second-order valence-corrected chi connectivity index (χ2v) is 8.28. The minimum atomic E-state index is -0.824. The van der Waals surface area contributed by atoms with Gasteiger partial charge in [-0.2, -0.15) is 5.26 Å². The highest BCUT2D eigenvalue weighted by atomic mass is 16.5. The SMILES string of the molecule is COc1cnc(-n2cnc(C(N)=O)n2)cc1/C(=C\N)C(=O)C(=O)N1CCC(=C(C#N)c2ccccc2)CC1. The number of pyridine rings is 1. The van der Waals surface area contributed by atoms with Crippen molar-refractivity contribution in [1.29, 1.82) is 5.26 Å². The number of hydrogen-bond acceptors (Lipinski definition) is 9. The van der Waals surface area contributed by atoms with Crippen molar-refractivity contribution < 1.29 is 19.1 Å². The van der Waals surface area contributed by atoms with Gasteiger partial charge in [-0.1, -0.05) is 30.3 Å². The molecule has 4 N–H and O–H groups in total. The predicted octanol–water partition coefficient (Wildman–Crippen LogP) is 1.24. The van der Waals surface area contributed by atoms with Crippen LogP contribution in [0.4, 0.5) is 0 Å². The van der Waals surface area contributed by atoms with Crippen molar-refractivity contribution in [2.75, 3.05) is 20.2 Å². The fourth-order valence-corrected chi connectivity index (χ4v) is 4.15. The van der Waals surface area contributed by atoms with Gasteiger partial charge in [0.1, 0.15) is 12.1 Å². The van der Waals surface area contributed by atoms with Gasteiger partial charge < -0.3 is 21.1 Å². The summed E-state index contributed by atoms with van der Waals surface area (Å²) in [7, 11) is 1.39. The monoisotopic (exact) mass is 512 g/mol. The number of nitrogens with two attached hydrogens (primary N) is 2. The molecule has 1 aromatic carbocycles. The van der Waals surface area contributed by atoms with Crippen LogP contribution in [-0.2, 0) is 9.59 Å². The fraction of sp³-hybridized carbons (Fsp3) is 0.192. The predicted molar refractivity (Wildman–Crippen MR) is 136 cm³/mol. The van der Waals surface area contributed by atoms with Gasteiger partial charge in [0.2, 0.25) is 5.82 Å². The Morgan fingerprint density at radius 1 is 1.13 bits per heavy atom. The zero-order valence-electron chi connectivity index (χ0n) is 20.5. The third-order valence-corrected chi connectivity index (χ3v) is 6.10. The molecule has 1 fully saturated rings. The van der Waals surface area contributed by atoms with E-state index in [4.69, 9.17) is 16.2 Å². The topological polar surface area (TPSA) is 183 Å². The Labute approximate surface area is 217 Å². The van der Waals surface area contributed by atoms with Gasteiger partial charge in [-0.05, 0) is 30.0 Å². The molecule has 0 saturated carbocycles. The molecular formula is C26H24N8O4. The maximum absolute atomic E-state index is 13.3. The number of amides is 2. The van der Waals surface area contributed by atoms with E-state index in [2.05, 4.69) is 21.1 Å². The van der Waals surface area contributed by atoms with Crippen molar-refractivity contribution in [3.05, 3.63) is 77.6 Å². The number of ether oxygens (including phenoxy) is 1. The number of Topliss-reactive ketones (excluding diaryl/α,β-unsaturated/α-hetero) is 1. The molecule has 12 nitrogen and oxygen atoms in total. The van der Waals surface area contributed by atoms with E-state index in [9.17, 15) is 19.6 Å². The number of piperidine rings is 1. The molecule has 1 aliphatic rings. The van der Waals surface area contributed by atoms with Crippen LogP contribution in [0.15, 0.2) is 60.7 Å². The summed E-state index contributed by atoms with van der Waals surface area (Å²) < 4.78 is 6.54.